The lowest BCUT2D eigenvalue weighted by atomic mass is 9.87. The Morgan fingerprint density at radius 3 is 1.17 bits per heavy atom. The summed E-state index contributed by atoms with van der Waals surface area (Å²) in [6.45, 7) is 6.26. The molecule has 1 unspecified atom stereocenters. The summed E-state index contributed by atoms with van der Waals surface area (Å²) in [5.41, 5.74) is 4.66. The predicted octanol–water partition coefficient (Wildman–Crippen LogP) is 13.4. The fraction of sp³-hybridized carbons (Fsp3) is 0.0847. The van der Waals surface area contributed by atoms with Crippen LogP contribution in [-0.2, 0) is 29.9 Å². The monoisotopic (exact) mass is 1010 g/mol. The summed E-state index contributed by atoms with van der Waals surface area (Å²) in [6, 6.07) is 62.7. The summed E-state index contributed by atoms with van der Waals surface area (Å²) in [4.78, 5) is -0.283. The van der Waals surface area contributed by atoms with Gasteiger partial charge in [0.25, 0.3) is 10.1 Å². The number of hydrogen-bond acceptors (Lipinski definition) is 9. The lowest BCUT2D eigenvalue weighted by molar-refractivity contribution is 0.415. The summed E-state index contributed by atoms with van der Waals surface area (Å²) in [6.07, 6.45) is 0. The van der Waals surface area contributed by atoms with Crippen LogP contribution in [0.3, 0.4) is 0 Å². The largest absolute Gasteiger partial charge is 0.497 e. The quantitative estimate of drug-likeness (QED) is 0.0779. The molecule has 0 aliphatic rings. The number of sulfone groups is 1. The van der Waals surface area contributed by atoms with Gasteiger partial charge in [0.05, 0.1) is 16.9 Å². The van der Waals surface area contributed by atoms with Crippen LogP contribution in [0.25, 0.3) is 22.3 Å². The van der Waals surface area contributed by atoms with Gasteiger partial charge in [-0.15, -0.1) is 0 Å². The molecular weight excluding hydrogens is 964 g/mol. The Morgan fingerprint density at radius 1 is 0.417 bits per heavy atom. The molecule has 0 heterocycles. The van der Waals surface area contributed by atoms with E-state index < -0.39 is 32.0 Å². The van der Waals surface area contributed by atoms with Gasteiger partial charge in [-0.3, -0.25) is 4.55 Å². The highest BCUT2D eigenvalue weighted by molar-refractivity contribution is 7.91. The van der Waals surface area contributed by atoms with E-state index in [0.717, 1.165) is 33.6 Å². The molecule has 10 nitrogen and oxygen atoms in total. The van der Waals surface area contributed by atoms with Crippen LogP contribution in [0, 0.1) is 0 Å². The lowest BCUT2D eigenvalue weighted by Crippen LogP contribution is -2.26. The summed E-state index contributed by atoms with van der Waals surface area (Å²) in [5.74, 6) is 3.04. The standard InChI is InChI=1S/C59H49O10PS2/c1-59(2,3)45-18-32-53(33-19-45)70(60,52-8-6-5-7-9-52)54-34-39-57(58(40-54)72(63,64)65)69-51-26-16-44(17-27-51)43-14-24-48(25-15-43)68-50-30-37-56(38-31-50)71(61,62)55-35-28-49(29-36-55)67-47-22-12-42(13-23-47)41-10-20-46(66-4)21-11-41/h5-40H,1-4H3,(H,63,64,65). The van der Waals surface area contributed by atoms with Crippen molar-refractivity contribution in [2.45, 2.75) is 40.9 Å². The molecule has 0 aliphatic carbocycles. The fourth-order valence-electron chi connectivity index (χ4n) is 8.07. The third kappa shape index (κ3) is 10.8. The normalized spacial score (nSPS) is 12.6. The van der Waals surface area contributed by atoms with E-state index in [4.69, 9.17) is 18.9 Å². The molecule has 0 fully saturated rings. The van der Waals surface area contributed by atoms with E-state index in [2.05, 4.69) is 20.8 Å². The van der Waals surface area contributed by atoms with E-state index in [1.165, 1.54) is 36.4 Å². The second-order valence-electron chi connectivity index (χ2n) is 17.9. The van der Waals surface area contributed by atoms with Crippen molar-refractivity contribution in [1.82, 2.24) is 0 Å². The van der Waals surface area contributed by atoms with Gasteiger partial charge in [0.1, 0.15) is 45.1 Å². The molecule has 9 rings (SSSR count). The maximum absolute atomic E-state index is 15.2. The maximum Gasteiger partial charge on any atom is 0.298 e. The van der Waals surface area contributed by atoms with Crippen LogP contribution in [0.1, 0.15) is 26.3 Å². The minimum Gasteiger partial charge on any atom is -0.497 e. The Hall–Kier alpha value is -7.73. The SMILES string of the molecule is COc1ccc(-c2ccc(Oc3ccc(S(=O)(=O)c4ccc(Oc5ccc(-c6ccc(Oc7ccc(P(=O)(c8ccccc8)c8ccc(C(C)(C)C)cc8)cc7S(=O)(=O)O)cc6)cc5)cc4)cc3)cc2)cc1. The molecule has 0 spiro atoms. The number of benzene rings is 9. The van der Waals surface area contributed by atoms with Gasteiger partial charge in [0.15, 0.2) is 7.14 Å². The Labute approximate surface area is 420 Å². The van der Waals surface area contributed by atoms with E-state index in [1.54, 1.807) is 98.1 Å². The molecule has 72 heavy (non-hydrogen) atoms. The van der Waals surface area contributed by atoms with Crippen molar-refractivity contribution in [3.63, 3.8) is 0 Å². The zero-order chi connectivity index (χ0) is 50.7. The Balaban J connectivity index is 0.838. The second kappa shape index (κ2) is 20.2. The third-order valence-electron chi connectivity index (χ3n) is 12.1. The Bertz CT molecular complexity index is 3620. The second-order valence-corrected chi connectivity index (χ2v) is 24.0. The molecule has 1 atom stereocenters. The smallest absolute Gasteiger partial charge is 0.298 e. The molecule has 0 saturated carbocycles. The molecule has 13 heteroatoms. The van der Waals surface area contributed by atoms with Crippen LogP contribution in [0.4, 0.5) is 0 Å². The Morgan fingerprint density at radius 2 is 0.778 bits per heavy atom. The molecule has 9 aromatic carbocycles. The first-order chi connectivity index (χ1) is 34.5. The number of ether oxygens (including phenoxy) is 4. The van der Waals surface area contributed by atoms with Crippen molar-refractivity contribution in [3.05, 3.63) is 224 Å². The molecular formula is C59H49O10PS2. The van der Waals surface area contributed by atoms with Gasteiger partial charge in [-0.1, -0.05) is 124 Å². The molecule has 0 amide bonds. The highest BCUT2D eigenvalue weighted by Crippen LogP contribution is 2.45. The van der Waals surface area contributed by atoms with Crippen molar-refractivity contribution < 1.29 is 44.9 Å². The summed E-state index contributed by atoms with van der Waals surface area (Å²) in [5, 5.41) is 1.25. The number of hydrogen-bond donors (Lipinski definition) is 1. The fourth-order valence-corrected chi connectivity index (χ4v) is 12.7. The van der Waals surface area contributed by atoms with Crippen LogP contribution >= 0.6 is 7.14 Å². The van der Waals surface area contributed by atoms with Crippen LogP contribution in [0.2, 0.25) is 0 Å². The van der Waals surface area contributed by atoms with E-state index in [9.17, 15) is 21.4 Å². The van der Waals surface area contributed by atoms with E-state index in [-0.39, 0.29) is 26.3 Å². The van der Waals surface area contributed by atoms with Crippen LogP contribution in [0.15, 0.2) is 233 Å². The molecule has 9 aromatic rings. The third-order valence-corrected chi connectivity index (χ3v) is 17.8. The molecule has 0 bridgehead atoms. The molecule has 1 N–H and O–H groups in total. The van der Waals surface area contributed by atoms with Crippen molar-refractivity contribution in [2.24, 2.45) is 0 Å². The van der Waals surface area contributed by atoms with Crippen LogP contribution in [0.5, 0.6) is 40.2 Å². The van der Waals surface area contributed by atoms with Crippen molar-refractivity contribution >= 4 is 43.0 Å². The summed E-state index contributed by atoms with van der Waals surface area (Å²) in [7, 11) is -10.7. The maximum atomic E-state index is 15.2. The molecule has 0 radical (unpaired) electrons. The first kappa shape index (κ1) is 49.3. The van der Waals surface area contributed by atoms with Gasteiger partial charge >= 0.3 is 0 Å². The zero-order valence-electron chi connectivity index (χ0n) is 39.7. The first-order valence-electron chi connectivity index (χ1n) is 22.8. The Kier molecular flexibility index (Phi) is 13.8. The van der Waals surface area contributed by atoms with Crippen molar-refractivity contribution in [1.29, 1.82) is 0 Å². The van der Waals surface area contributed by atoms with Crippen LogP contribution in [-0.4, -0.2) is 28.5 Å². The van der Waals surface area contributed by atoms with Gasteiger partial charge in [-0.05, 0) is 148 Å². The molecule has 0 aromatic heterocycles. The molecule has 362 valence electrons. The summed E-state index contributed by atoms with van der Waals surface area (Å²) >= 11 is 0. The average molecular weight is 1010 g/mol. The highest BCUT2D eigenvalue weighted by atomic mass is 32.2. The van der Waals surface area contributed by atoms with Gasteiger partial charge in [0.2, 0.25) is 9.84 Å². The lowest BCUT2D eigenvalue weighted by Gasteiger charge is -2.23. The van der Waals surface area contributed by atoms with E-state index in [0.29, 0.717) is 39.4 Å². The average Bonchev–Trinajstić information content (AvgIpc) is 3.39. The van der Waals surface area contributed by atoms with E-state index >= 15 is 4.57 Å². The zero-order valence-corrected chi connectivity index (χ0v) is 42.2. The van der Waals surface area contributed by atoms with Gasteiger partial charge in [-0.2, -0.15) is 8.42 Å². The minimum atomic E-state index is -4.83. The first-order valence-corrected chi connectivity index (χ1v) is 27.4. The van der Waals surface area contributed by atoms with Crippen molar-refractivity contribution in [3.8, 4) is 62.5 Å². The minimum absolute atomic E-state index is 0.110. The molecule has 0 saturated heterocycles. The van der Waals surface area contributed by atoms with Crippen molar-refractivity contribution in [2.75, 3.05) is 7.11 Å². The summed E-state index contributed by atoms with van der Waals surface area (Å²) < 4.78 is 102. The topological polar surface area (TPSA) is 142 Å². The van der Waals surface area contributed by atoms with Gasteiger partial charge in [0, 0.05) is 15.9 Å². The molecule has 0 aliphatic heterocycles. The number of rotatable bonds is 15. The van der Waals surface area contributed by atoms with Gasteiger partial charge < -0.3 is 23.5 Å². The van der Waals surface area contributed by atoms with Crippen LogP contribution < -0.4 is 34.9 Å². The van der Waals surface area contributed by atoms with Gasteiger partial charge in [-0.25, -0.2) is 8.42 Å². The predicted molar refractivity (Wildman–Crippen MR) is 283 cm³/mol. The highest BCUT2D eigenvalue weighted by Gasteiger charge is 2.33. The van der Waals surface area contributed by atoms with E-state index in [1.807, 2.05) is 91.0 Å². The number of methoxy groups -OCH3 is 1.